The van der Waals surface area contributed by atoms with Gasteiger partial charge in [0.2, 0.25) is 5.88 Å². The molecule has 0 amide bonds. The monoisotopic (exact) mass is 322 g/mol. The maximum absolute atomic E-state index is 5.68. The van der Waals surface area contributed by atoms with E-state index in [1.54, 1.807) is 6.07 Å². The van der Waals surface area contributed by atoms with Gasteiger partial charge >= 0.3 is 0 Å². The van der Waals surface area contributed by atoms with E-state index >= 15 is 0 Å². The van der Waals surface area contributed by atoms with E-state index in [4.69, 9.17) is 10.6 Å². The Morgan fingerprint density at radius 1 is 1.32 bits per heavy atom. The van der Waals surface area contributed by atoms with Crippen LogP contribution >= 0.6 is 15.9 Å². The summed E-state index contributed by atoms with van der Waals surface area (Å²) in [6.07, 6.45) is 0.723. The van der Waals surface area contributed by atoms with E-state index in [0.29, 0.717) is 24.1 Å². The van der Waals surface area contributed by atoms with Crippen molar-refractivity contribution in [3.63, 3.8) is 0 Å². The van der Waals surface area contributed by atoms with Crippen LogP contribution in [0.1, 0.15) is 18.3 Å². The van der Waals surface area contributed by atoms with Gasteiger partial charge in [0.25, 0.3) is 0 Å². The van der Waals surface area contributed by atoms with Crippen molar-refractivity contribution in [1.29, 1.82) is 0 Å². The predicted molar refractivity (Wildman–Crippen MR) is 77.7 cm³/mol. The molecule has 0 saturated heterocycles. The third-order valence-corrected chi connectivity index (χ3v) is 3.32. The molecule has 0 bridgehead atoms. The SMILES string of the molecule is CCc1nc(NN)cc(OCc2ccccc2Br)n1. The highest BCUT2D eigenvalue weighted by Gasteiger charge is 2.05. The minimum atomic E-state index is 0.436. The number of nitrogens with zero attached hydrogens (tertiary/aromatic N) is 2. The molecular weight excluding hydrogens is 308 g/mol. The van der Waals surface area contributed by atoms with E-state index in [9.17, 15) is 0 Å². The van der Waals surface area contributed by atoms with E-state index < -0.39 is 0 Å². The number of nitrogen functional groups attached to an aromatic ring is 1. The molecule has 2 aromatic rings. The number of benzene rings is 1. The van der Waals surface area contributed by atoms with Crippen molar-refractivity contribution < 1.29 is 4.74 Å². The van der Waals surface area contributed by atoms with Crippen LogP contribution < -0.4 is 16.0 Å². The lowest BCUT2D eigenvalue weighted by Gasteiger charge is -2.09. The minimum Gasteiger partial charge on any atom is -0.473 e. The fourth-order valence-electron chi connectivity index (χ4n) is 1.55. The molecule has 100 valence electrons. The zero-order chi connectivity index (χ0) is 13.7. The molecule has 2 rings (SSSR count). The molecule has 0 atom stereocenters. The van der Waals surface area contributed by atoms with Crippen molar-refractivity contribution in [2.45, 2.75) is 20.0 Å². The summed E-state index contributed by atoms with van der Waals surface area (Å²) in [6.45, 7) is 2.42. The summed E-state index contributed by atoms with van der Waals surface area (Å²) in [6, 6.07) is 9.57. The van der Waals surface area contributed by atoms with Gasteiger partial charge < -0.3 is 10.2 Å². The third-order valence-electron chi connectivity index (χ3n) is 2.55. The molecule has 1 aromatic carbocycles. The molecule has 0 spiro atoms. The quantitative estimate of drug-likeness (QED) is 0.654. The van der Waals surface area contributed by atoms with Crippen molar-refractivity contribution in [2.75, 3.05) is 5.43 Å². The highest BCUT2D eigenvalue weighted by molar-refractivity contribution is 9.10. The van der Waals surface area contributed by atoms with E-state index in [0.717, 1.165) is 16.5 Å². The fraction of sp³-hybridized carbons (Fsp3) is 0.231. The summed E-state index contributed by atoms with van der Waals surface area (Å²) in [5.74, 6) is 7.12. The van der Waals surface area contributed by atoms with E-state index in [-0.39, 0.29) is 0 Å². The maximum Gasteiger partial charge on any atom is 0.219 e. The van der Waals surface area contributed by atoms with Crippen LogP contribution in [0.3, 0.4) is 0 Å². The summed E-state index contributed by atoms with van der Waals surface area (Å²) in [4.78, 5) is 8.51. The van der Waals surface area contributed by atoms with Gasteiger partial charge in [0.05, 0.1) is 0 Å². The molecular formula is C13H15BrN4O. The molecule has 0 fully saturated rings. The number of nitrogens with one attached hydrogen (secondary N) is 1. The van der Waals surface area contributed by atoms with Crippen LogP contribution in [0.15, 0.2) is 34.8 Å². The topological polar surface area (TPSA) is 73.1 Å². The van der Waals surface area contributed by atoms with Crippen molar-refractivity contribution in [1.82, 2.24) is 9.97 Å². The molecule has 0 saturated carbocycles. The maximum atomic E-state index is 5.68. The Hall–Kier alpha value is -1.66. The highest BCUT2D eigenvalue weighted by Crippen LogP contribution is 2.19. The van der Waals surface area contributed by atoms with Gasteiger partial charge in [0.1, 0.15) is 18.2 Å². The number of nitrogens with two attached hydrogens (primary N) is 1. The zero-order valence-electron chi connectivity index (χ0n) is 10.6. The van der Waals surface area contributed by atoms with Crippen LogP contribution in [0.25, 0.3) is 0 Å². The number of anilines is 1. The number of hydrogen-bond acceptors (Lipinski definition) is 5. The van der Waals surface area contributed by atoms with Gasteiger partial charge in [-0.3, -0.25) is 0 Å². The average Bonchev–Trinajstić information content (AvgIpc) is 2.46. The summed E-state index contributed by atoms with van der Waals surface area (Å²) < 4.78 is 6.69. The molecule has 0 aliphatic carbocycles. The number of halogens is 1. The molecule has 0 aliphatic rings. The number of aromatic nitrogens is 2. The number of hydrazine groups is 1. The second-order valence-electron chi connectivity index (χ2n) is 3.89. The minimum absolute atomic E-state index is 0.436. The Balaban J connectivity index is 2.13. The molecule has 0 aliphatic heterocycles. The zero-order valence-corrected chi connectivity index (χ0v) is 12.1. The third kappa shape index (κ3) is 3.65. The second-order valence-corrected chi connectivity index (χ2v) is 4.74. The number of hydrogen-bond donors (Lipinski definition) is 2. The lowest BCUT2D eigenvalue weighted by Crippen LogP contribution is -2.11. The first-order chi connectivity index (χ1) is 9.22. The molecule has 5 nitrogen and oxygen atoms in total. The molecule has 19 heavy (non-hydrogen) atoms. The van der Waals surface area contributed by atoms with Crippen LogP contribution in [0.4, 0.5) is 5.82 Å². The molecule has 1 heterocycles. The number of rotatable bonds is 5. The number of aryl methyl sites for hydroxylation is 1. The summed E-state index contributed by atoms with van der Waals surface area (Å²) in [5.41, 5.74) is 3.57. The standard InChI is InChI=1S/C13H15BrN4O/c1-2-11-16-12(18-15)7-13(17-11)19-8-9-5-3-4-6-10(9)14/h3-7H,2,8,15H2,1H3,(H,16,17,18). The normalized spacial score (nSPS) is 10.3. The van der Waals surface area contributed by atoms with Gasteiger partial charge in [-0.2, -0.15) is 4.98 Å². The molecule has 0 radical (unpaired) electrons. The second kappa shape index (κ2) is 6.49. The lowest BCUT2D eigenvalue weighted by molar-refractivity contribution is 0.292. The Labute approximate surface area is 120 Å². The Kier molecular flexibility index (Phi) is 4.70. The fourth-order valence-corrected chi connectivity index (χ4v) is 1.95. The van der Waals surface area contributed by atoms with Gasteiger partial charge in [0.15, 0.2) is 0 Å². The number of ether oxygens (including phenoxy) is 1. The molecule has 0 unspecified atom stereocenters. The summed E-state index contributed by atoms with van der Waals surface area (Å²) in [7, 11) is 0. The van der Waals surface area contributed by atoms with E-state index in [2.05, 4.69) is 31.3 Å². The molecule has 3 N–H and O–H groups in total. The molecule has 6 heteroatoms. The summed E-state index contributed by atoms with van der Waals surface area (Å²) in [5, 5.41) is 0. The van der Waals surface area contributed by atoms with Gasteiger partial charge in [-0.1, -0.05) is 41.1 Å². The summed E-state index contributed by atoms with van der Waals surface area (Å²) >= 11 is 3.48. The lowest BCUT2D eigenvalue weighted by atomic mass is 10.2. The van der Waals surface area contributed by atoms with Crippen molar-refractivity contribution in [2.24, 2.45) is 5.84 Å². The predicted octanol–water partition coefficient (Wildman–Crippen LogP) is 2.67. The van der Waals surface area contributed by atoms with Gasteiger partial charge in [0, 0.05) is 22.5 Å². The Morgan fingerprint density at radius 3 is 2.79 bits per heavy atom. The van der Waals surface area contributed by atoms with Gasteiger partial charge in [-0.25, -0.2) is 10.8 Å². The van der Waals surface area contributed by atoms with Crippen molar-refractivity contribution in [3.8, 4) is 5.88 Å². The van der Waals surface area contributed by atoms with Crippen molar-refractivity contribution >= 4 is 21.7 Å². The van der Waals surface area contributed by atoms with Crippen molar-refractivity contribution in [3.05, 3.63) is 46.2 Å². The highest BCUT2D eigenvalue weighted by atomic mass is 79.9. The first kappa shape index (κ1) is 13.8. The van der Waals surface area contributed by atoms with Crippen LogP contribution in [-0.4, -0.2) is 9.97 Å². The molecule has 1 aromatic heterocycles. The Morgan fingerprint density at radius 2 is 2.11 bits per heavy atom. The first-order valence-corrected chi connectivity index (χ1v) is 6.73. The smallest absolute Gasteiger partial charge is 0.219 e. The van der Waals surface area contributed by atoms with Gasteiger partial charge in [-0.05, 0) is 6.07 Å². The average molecular weight is 323 g/mol. The Bertz CT molecular complexity index is 540. The van der Waals surface area contributed by atoms with E-state index in [1.807, 2.05) is 31.2 Å². The largest absolute Gasteiger partial charge is 0.473 e. The van der Waals surface area contributed by atoms with Crippen LogP contribution in [0.2, 0.25) is 0 Å². The van der Waals surface area contributed by atoms with Gasteiger partial charge in [-0.15, -0.1) is 0 Å². The van der Waals surface area contributed by atoms with Crippen LogP contribution in [0.5, 0.6) is 5.88 Å². The van der Waals surface area contributed by atoms with Crippen LogP contribution in [-0.2, 0) is 13.0 Å². The van der Waals surface area contributed by atoms with E-state index in [1.165, 1.54) is 0 Å². The van der Waals surface area contributed by atoms with Crippen LogP contribution in [0, 0.1) is 0 Å². The first-order valence-electron chi connectivity index (χ1n) is 5.93.